The Balaban J connectivity index is 2.68. The van der Waals surface area contributed by atoms with Crippen molar-refractivity contribution in [1.82, 2.24) is 0 Å². The molecule has 0 saturated heterocycles. The Labute approximate surface area is 78.3 Å². The molecule has 13 heavy (non-hydrogen) atoms. The van der Waals surface area contributed by atoms with Gasteiger partial charge in [-0.3, -0.25) is 0 Å². The van der Waals surface area contributed by atoms with Crippen LogP contribution in [0.15, 0.2) is 30.4 Å². The highest BCUT2D eigenvalue weighted by Crippen LogP contribution is 2.13. The lowest BCUT2D eigenvalue weighted by Gasteiger charge is -2.06. The largest absolute Gasteiger partial charge is 0.381 e. The second-order valence-electron chi connectivity index (χ2n) is 3.27. The zero-order chi connectivity index (χ0) is 9.84. The number of hydrogen-bond acceptors (Lipinski definition) is 1. The molecule has 1 nitrogen and oxygen atoms in total. The van der Waals surface area contributed by atoms with Crippen LogP contribution < -0.4 is 5.32 Å². The summed E-state index contributed by atoms with van der Waals surface area (Å²) in [6, 6.07) is 4.99. The highest BCUT2D eigenvalue weighted by Gasteiger charge is 1.97. The van der Waals surface area contributed by atoms with Crippen molar-refractivity contribution in [3.8, 4) is 0 Å². The van der Waals surface area contributed by atoms with Crippen LogP contribution in [0, 0.1) is 12.7 Å². The quantitative estimate of drug-likeness (QED) is 0.703. The van der Waals surface area contributed by atoms with Gasteiger partial charge in [0, 0.05) is 12.2 Å². The summed E-state index contributed by atoms with van der Waals surface area (Å²) in [5.41, 5.74) is 2.65. The number of hydrogen-bond donors (Lipinski definition) is 1. The van der Waals surface area contributed by atoms with E-state index in [1.54, 1.807) is 19.1 Å². The van der Waals surface area contributed by atoms with E-state index in [-0.39, 0.29) is 5.82 Å². The van der Waals surface area contributed by atoms with E-state index in [0.29, 0.717) is 5.56 Å². The average molecular weight is 179 g/mol. The van der Waals surface area contributed by atoms with Crippen molar-refractivity contribution in [3.05, 3.63) is 41.7 Å². The normalized spacial score (nSPS) is 9.77. The maximum Gasteiger partial charge on any atom is 0.126 e. The lowest BCUT2D eigenvalue weighted by molar-refractivity contribution is 0.619. The molecule has 0 aliphatic rings. The number of halogens is 1. The topological polar surface area (TPSA) is 12.0 Å². The predicted molar refractivity (Wildman–Crippen MR) is 54.4 cm³/mol. The molecular weight excluding hydrogens is 165 g/mol. The fourth-order valence-electron chi connectivity index (χ4n) is 1.01. The minimum absolute atomic E-state index is 0.166. The number of benzene rings is 1. The molecule has 1 rings (SSSR count). The molecular formula is C11H14FN. The first-order valence-corrected chi connectivity index (χ1v) is 4.24. The SMILES string of the molecule is C=C(C)CNc1ccc(F)c(C)c1. The van der Waals surface area contributed by atoms with Gasteiger partial charge in [-0.15, -0.1) is 0 Å². The molecule has 0 aromatic heterocycles. The van der Waals surface area contributed by atoms with Gasteiger partial charge in [0.2, 0.25) is 0 Å². The van der Waals surface area contributed by atoms with E-state index in [9.17, 15) is 4.39 Å². The monoisotopic (exact) mass is 179 g/mol. The van der Waals surface area contributed by atoms with Crippen LogP contribution in [0.25, 0.3) is 0 Å². The Bertz CT molecular complexity index is 318. The van der Waals surface area contributed by atoms with Gasteiger partial charge in [-0.1, -0.05) is 12.2 Å². The Kier molecular flexibility index (Phi) is 3.07. The molecule has 0 unspecified atom stereocenters. The summed E-state index contributed by atoms with van der Waals surface area (Å²) in [7, 11) is 0. The van der Waals surface area contributed by atoms with Gasteiger partial charge in [0.1, 0.15) is 5.82 Å². The van der Waals surface area contributed by atoms with Gasteiger partial charge in [0.05, 0.1) is 0 Å². The zero-order valence-corrected chi connectivity index (χ0v) is 8.02. The molecule has 0 radical (unpaired) electrons. The highest BCUT2D eigenvalue weighted by molar-refractivity contribution is 5.46. The van der Waals surface area contributed by atoms with Crippen molar-refractivity contribution < 1.29 is 4.39 Å². The maximum absolute atomic E-state index is 12.9. The van der Waals surface area contributed by atoms with Gasteiger partial charge in [-0.2, -0.15) is 0 Å². The summed E-state index contributed by atoms with van der Waals surface area (Å²) in [6.45, 7) is 8.20. The van der Waals surface area contributed by atoms with Crippen LogP contribution in [0.2, 0.25) is 0 Å². The molecule has 0 bridgehead atoms. The third kappa shape index (κ3) is 2.90. The zero-order valence-electron chi connectivity index (χ0n) is 8.02. The first-order chi connectivity index (χ1) is 6.09. The van der Waals surface area contributed by atoms with Gasteiger partial charge in [0.15, 0.2) is 0 Å². The molecule has 70 valence electrons. The molecule has 0 spiro atoms. The summed E-state index contributed by atoms with van der Waals surface area (Å²) in [5, 5.41) is 3.15. The molecule has 0 aliphatic carbocycles. The lowest BCUT2D eigenvalue weighted by Crippen LogP contribution is -2.02. The lowest BCUT2D eigenvalue weighted by atomic mass is 10.2. The van der Waals surface area contributed by atoms with Crippen molar-refractivity contribution >= 4 is 5.69 Å². The van der Waals surface area contributed by atoms with Gasteiger partial charge in [0.25, 0.3) is 0 Å². The van der Waals surface area contributed by atoms with E-state index in [0.717, 1.165) is 17.8 Å². The summed E-state index contributed by atoms with van der Waals surface area (Å²) < 4.78 is 12.9. The second-order valence-corrected chi connectivity index (χ2v) is 3.27. The molecule has 0 fully saturated rings. The van der Waals surface area contributed by atoms with Gasteiger partial charge >= 0.3 is 0 Å². The van der Waals surface area contributed by atoms with Crippen LogP contribution in [0.5, 0.6) is 0 Å². The van der Waals surface area contributed by atoms with Crippen LogP contribution >= 0.6 is 0 Å². The van der Waals surface area contributed by atoms with Crippen LogP contribution in [0.1, 0.15) is 12.5 Å². The summed E-state index contributed by atoms with van der Waals surface area (Å²) in [4.78, 5) is 0. The van der Waals surface area contributed by atoms with E-state index >= 15 is 0 Å². The van der Waals surface area contributed by atoms with Crippen molar-refractivity contribution in [2.45, 2.75) is 13.8 Å². The smallest absolute Gasteiger partial charge is 0.126 e. The van der Waals surface area contributed by atoms with E-state index < -0.39 is 0 Å². The fraction of sp³-hybridized carbons (Fsp3) is 0.273. The number of aryl methyl sites for hydroxylation is 1. The third-order valence-corrected chi connectivity index (χ3v) is 1.75. The van der Waals surface area contributed by atoms with Crippen molar-refractivity contribution in [2.75, 3.05) is 11.9 Å². The van der Waals surface area contributed by atoms with Crippen LogP contribution in [-0.2, 0) is 0 Å². The molecule has 1 N–H and O–H groups in total. The van der Waals surface area contributed by atoms with Gasteiger partial charge in [-0.05, 0) is 37.6 Å². The summed E-state index contributed by atoms with van der Waals surface area (Å²) >= 11 is 0. The van der Waals surface area contributed by atoms with E-state index in [1.807, 2.05) is 6.92 Å². The van der Waals surface area contributed by atoms with Crippen LogP contribution in [0.4, 0.5) is 10.1 Å². The first-order valence-electron chi connectivity index (χ1n) is 4.24. The standard InChI is InChI=1S/C11H14FN/c1-8(2)7-13-10-4-5-11(12)9(3)6-10/h4-6,13H,1,7H2,2-3H3. The van der Waals surface area contributed by atoms with Crippen LogP contribution in [0.3, 0.4) is 0 Å². The van der Waals surface area contributed by atoms with Gasteiger partial charge < -0.3 is 5.32 Å². The Hall–Kier alpha value is -1.31. The Morgan fingerprint density at radius 3 is 2.77 bits per heavy atom. The highest BCUT2D eigenvalue weighted by atomic mass is 19.1. The van der Waals surface area contributed by atoms with E-state index in [4.69, 9.17) is 0 Å². The molecule has 1 aromatic rings. The number of rotatable bonds is 3. The molecule has 1 aromatic carbocycles. The molecule has 2 heteroatoms. The minimum Gasteiger partial charge on any atom is -0.381 e. The first kappa shape index (κ1) is 9.78. The molecule has 0 atom stereocenters. The van der Waals surface area contributed by atoms with E-state index in [1.165, 1.54) is 6.07 Å². The van der Waals surface area contributed by atoms with Crippen LogP contribution in [-0.4, -0.2) is 6.54 Å². The fourth-order valence-corrected chi connectivity index (χ4v) is 1.01. The number of nitrogens with one attached hydrogen (secondary N) is 1. The average Bonchev–Trinajstić information content (AvgIpc) is 2.07. The van der Waals surface area contributed by atoms with Crippen molar-refractivity contribution in [2.24, 2.45) is 0 Å². The Morgan fingerprint density at radius 1 is 1.54 bits per heavy atom. The molecule has 0 heterocycles. The summed E-state index contributed by atoms with van der Waals surface area (Å²) in [5.74, 6) is -0.166. The Morgan fingerprint density at radius 2 is 2.23 bits per heavy atom. The van der Waals surface area contributed by atoms with E-state index in [2.05, 4.69) is 11.9 Å². The minimum atomic E-state index is -0.166. The summed E-state index contributed by atoms with van der Waals surface area (Å²) in [6.07, 6.45) is 0. The number of anilines is 1. The molecule has 0 saturated carbocycles. The van der Waals surface area contributed by atoms with Gasteiger partial charge in [-0.25, -0.2) is 4.39 Å². The molecule has 0 amide bonds. The maximum atomic E-state index is 12.9. The van der Waals surface area contributed by atoms with Crippen molar-refractivity contribution in [1.29, 1.82) is 0 Å². The second kappa shape index (κ2) is 4.08. The molecule has 0 aliphatic heterocycles. The van der Waals surface area contributed by atoms with Crippen molar-refractivity contribution in [3.63, 3.8) is 0 Å². The predicted octanol–water partition coefficient (Wildman–Crippen LogP) is 3.12. The third-order valence-electron chi connectivity index (χ3n) is 1.75.